The average molecular weight is 396 g/mol. The van der Waals surface area contributed by atoms with Crippen LogP contribution in [0.5, 0.6) is 5.75 Å². The van der Waals surface area contributed by atoms with Crippen molar-refractivity contribution in [3.63, 3.8) is 0 Å². The molecule has 2 rings (SSSR count). The third-order valence-corrected chi connectivity index (χ3v) is 3.62. The number of hydrogen-bond donors (Lipinski definition) is 2. The second-order valence-corrected chi connectivity index (χ2v) is 5.48. The molecular formula is C13H9ClF2INO. The molecule has 6 heteroatoms. The molecule has 0 aromatic heterocycles. The fraction of sp³-hybridized carbons (Fsp3) is 0.0769. The molecule has 0 spiro atoms. The second kappa shape index (κ2) is 5.92. The predicted octanol–water partition coefficient (Wildman–Crippen LogP) is 4.54. The van der Waals surface area contributed by atoms with Crippen LogP contribution in [-0.2, 0) is 6.54 Å². The molecule has 0 unspecified atom stereocenters. The van der Waals surface area contributed by atoms with E-state index in [1.54, 1.807) is 18.2 Å². The highest BCUT2D eigenvalue weighted by molar-refractivity contribution is 14.1. The van der Waals surface area contributed by atoms with Crippen LogP contribution in [-0.4, -0.2) is 5.11 Å². The van der Waals surface area contributed by atoms with E-state index in [1.165, 1.54) is 0 Å². The van der Waals surface area contributed by atoms with Gasteiger partial charge < -0.3 is 10.4 Å². The van der Waals surface area contributed by atoms with Gasteiger partial charge in [0.2, 0.25) is 0 Å². The van der Waals surface area contributed by atoms with Gasteiger partial charge in [-0.15, -0.1) is 0 Å². The summed E-state index contributed by atoms with van der Waals surface area (Å²) in [7, 11) is 0. The summed E-state index contributed by atoms with van der Waals surface area (Å²) in [6, 6.07) is 7.48. The van der Waals surface area contributed by atoms with Crippen LogP contribution in [0.15, 0.2) is 30.3 Å². The first-order chi connectivity index (χ1) is 8.97. The van der Waals surface area contributed by atoms with Crippen LogP contribution in [0.4, 0.5) is 14.5 Å². The van der Waals surface area contributed by atoms with Gasteiger partial charge in [-0.2, -0.15) is 0 Å². The number of phenolic OH excluding ortho intramolecular Hbond substituents is 1. The normalized spacial score (nSPS) is 10.5. The van der Waals surface area contributed by atoms with Crippen molar-refractivity contribution in [3.05, 3.63) is 56.1 Å². The van der Waals surface area contributed by atoms with Crippen molar-refractivity contribution >= 4 is 39.9 Å². The van der Waals surface area contributed by atoms with Gasteiger partial charge in [0.1, 0.15) is 0 Å². The van der Waals surface area contributed by atoms with Gasteiger partial charge in [-0.3, -0.25) is 0 Å². The van der Waals surface area contributed by atoms with Crippen LogP contribution >= 0.6 is 34.2 Å². The van der Waals surface area contributed by atoms with Crippen LogP contribution in [0.25, 0.3) is 0 Å². The molecule has 19 heavy (non-hydrogen) atoms. The Morgan fingerprint density at radius 1 is 1.16 bits per heavy atom. The lowest BCUT2D eigenvalue weighted by Crippen LogP contribution is -2.02. The third-order valence-electron chi connectivity index (χ3n) is 2.49. The highest BCUT2D eigenvalue weighted by Crippen LogP contribution is 2.24. The number of anilines is 1. The molecule has 0 atom stereocenters. The number of phenols is 1. The molecule has 0 saturated carbocycles. The number of aromatic hydroxyl groups is 1. The van der Waals surface area contributed by atoms with Crippen LogP contribution in [0.1, 0.15) is 5.56 Å². The van der Waals surface area contributed by atoms with Gasteiger partial charge in [0.05, 0.1) is 0 Å². The zero-order valence-corrected chi connectivity index (χ0v) is 12.5. The highest BCUT2D eigenvalue weighted by atomic mass is 127. The van der Waals surface area contributed by atoms with E-state index < -0.39 is 17.4 Å². The topological polar surface area (TPSA) is 32.3 Å². The Balaban J connectivity index is 2.14. The summed E-state index contributed by atoms with van der Waals surface area (Å²) >= 11 is 7.95. The van der Waals surface area contributed by atoms with Crippen LogP contribution in [0.2, 0.25) is 5.02 Å². The fourth-order valence-electron chi connectivity index (χ4n) is 1.55. The molecule has 2 N–H and O–H groups in total. The average Bonchev–Trinajstić information content (AvgIpc) is 2.34. The van der Waals surface area contributed by atoms with Gasteiger partial charge in [0, 0.05) is 20.8 Å². The van der Waals surface area contributed by atoms with Crippen molar-refractivity contribution in [1.82, 2.24) is 0 Å². The zero-order chi connectivity index (χ0) is 14.0. The molecule has 0 amide bonds. The van der Waals surface area contributed by atoms with Crippen LogP contribution in [0.3, 0.4) is 0 Å². The lowest BCUT2D eigenvalue weighted by Gasteiger charge is -2.10. The molecular weight excluding hydrogens is 387 g/mol. The van der Waals surface area contributed by atoms with E-state index in [2.05, 4.69) is 27.9 Å². The fourth-order valence-corrected chi connectivity index (χ4v) is 2.61. The molecule has 0 bridgehead atoms. The van der Waals surface area contributed by atoms with Gasteiger partial charge in [-0.25, -0.2) is 8.78 Å². The quantitative estimate of drug-likeness (QED) is 0.748. The van der Waals surface area contributed by atoms with Crippen molar-refractivity contribution in [2.75, 3.05) is 5.32 Å². The van der Waals surface area contributed by atoms with Crippen LogP contribution in [0, 0.1) is 15.2 Å². The van der Waals surface area contributed by atoms with E-state index in [0.29, 0.717) is 10.6 Å². The maximum atomic E-state index is 13.2. The van der Waals surface area contributed by atoms with Crippen molar-refractivity contribution in [2.24, 2.45) is 0 Å². The molecule has 0 fully saturated rings. The summed E-state index contributed by atoms with van der Waals surface area (Å²) in [6.07, 6.45) is 0. The van der Waals surface area contributed by atoms with Crippen molar-refractivity contribution in [3.8, 4) is 5.75 Å². The first-order valence-corrected chi connectivity index (χ1v) is 6.79. The Labute approximate surface area is 127 Å². The van der Waals surface area contributed by atoms with E-state index in [9.17, 15) is 8.78 Å². The molecule has 2 aromatic rings. The molecule has 0 aliphatic rings. The van der Waals surface area contributed by atoms with Crippen molar-refractivity contribution in [2.45, 2.75) is 6.54 Å². The number of benzene rings is 2. The molecule has 2 nitrogen and oxygen atoms in total. The monoisotopic (exact) mass is 395 g/mol. The molecule has 0 radical (unpaired) electrons. The van der Waals surface area contributed by atoms with Crippen molar-refractivity contribution in [1.29, 1.82) is 0 Å². The predicted molar refractivity (Wildman–Crippen MR) is 79.5 cm³/mol. The number of hydrogen-bond acceptors (Lipinski definition) is 2. The summed E-state index contributed by atoms with van der Waals surface area (Å²) in [6.45, 7) is 0.242. The summed E-state index contributed by atoms with van der Waals surface area (Å²) < 4.78 is 27.2. The van der Waals surface area contributed by atoms with Gasteiger partial charge in [0.25, 0.3) is 0 Å². The minimum atomic E-state index is -0.970. The Morgan fingerprint density at radius 2 is 1.79 bits per heavy atom. The smallest absolute Gasteiger partial charge is 0.187 e. The largest absolute Gasteiger partial charge is 0.503 e. The van der Waals surface area contributed by atoms with E-state index in [-0.39, 0.29) is 6.54 Å². The maximum absolute atomic E-state index is 13.2. The summed E-state index contributed by atoms with van der Waals surface area (Å²) in [5.41, 5.74) is 1.22. The zero-order valence-electron chi connectivity index (χ0n) is 9.55. The Kier molecular flexibility index (Phi) is 4.46. The van der Waals surface area contributed by atoms with E-state index in [4.69, 9.17) is 16.7 Å². The van der Waals surface area contributed by atoms with Gasteiger partial charge in [0.15, 0.2) is 17.4 Å². The SMILES string of the molecule is Oc1c(F)cc(CNc2ccc(Cl)cc2I)cc1F. The number of halogens is 4. The van der Waals surface area contributed by atoms with Crippen molar-refractivity contribution < 1.29 is 13.9 Å². The molecule has 0 saturated heterocycles. The number of rotatable bonds is 3. The summed E-state index contributed by atoms with van der Waals surface area (Å²) in [5, 5.41) is 12.7. The Morgan fingerprint density at radius 3 is 2.37 bits per heavy atom. The molecule has 100 valence electrons. The van der Waals surface area contributed by atoms with Gasteiger partial charge in [-0.05, 0) is 58.5 Å². The molecule has 0 aliphatic heterocycles. The van der Waals surface area contributed by atoms with E-state index >= 15 is 0 Å². The minimum absolute atomic E-state index is 0.242. The third kappa shape index (κ3) is 3.48. The minimum Gasteiger partial charge on any atom is -0.503 e. The summed E-state index contributed by atoms with van der Waals surface area (Å²) in [5.74, 6) is -2.89. The van der Waals surface area contributed by atoms with E-state index in [0.717, 1.165) is 21.4 Å². The lowest BCUT2D eigenvalue weighted by molar-refractivity contribution is 0.395. The summed E-state index contributed by atoms with van der Waals surface area (Å²) in [4.78, 5) is 0. The molecule has 0 heterocycles. The lowest BCUT2D eigenvalue weighted by atomic mass is 10.2. The Hall–Kier alpha value is -1.08. The van der Waals surface area contributed by atoms with E-state index in [1.807, 2.05) is 0 Å². The first kappa shape index (κ1) is 14.3. The van der Waals surface area contributed by atoms with Gasteiger partial charge >= 0.3 is 0 Å². The Bertz CT molecular complexity index is 599. The molecule has 2 aromatic carbocycles. The standard InChI is InChI=1S/C13H9ClF2INO/c14-8-1-2-12(11(17)5-8)18-6-7-3-9(15)13(19)10(16)4-7/h1-5,18-19H,6H2. The maximum Gasteiger partial charge on any atom is 0.187 e. The molecule has 0 aliphatic carbocycles. The first-order valence-electron chi connectivity index (χ1n) is 5.33. The highest BCUT2D eigenvalue weighted by Gasteiger charge is 2.09. The van der Waals surface area contributed by atoms with Crippen LogP contribution < -0.4 is 5.32 Å². The second-order valence-electron chi connectivity index (χ2n) is 3.89. The van der Waals surface area contributed by atoms with Gasteiger partial charge in [-0.1, -0.05) is 11.6 Å². The number of nitrogens with one attached hydrogen (secondary N) is 1.